The predicted molar refractivity (Wildman–Crippen MR) is 71.2 cm³/mol. The number of nitrogens with zero attached hydrogens (tertiary/aromatic N) is 1. The van der Waals surface area contributed by atoms with Gasteiger partial charge in [0.2, 0.25) is 0 Å². The Labute approximate surface area is 109 Å². The molecule has 0 bridgehead atoms. The maximum absolute atomic E-state index is 5.82. The van der Waals surface area contributed by atoms with Gasteiger partial charge in [0.1, 0.15) is 0 Å². The van der Waals surface area contributed by atoms with Gasteiger partial charge < -0.3 is 10.1 Å². The average Bonchev–Trinajstić information content (AvgIpc) is 2.78. The third kappa shape index (κ3) is 1.77. The van der Waals surface area contributed by atoms with Crippen LogP contribution in [0.5, 0.6) is 0 Å². The zero-order valence-corrected chi connectivity index (χ0v) is 11.4. The summed E-state index contributed by atoms with van der Waals surface area (Å²) in [4.78, 5) is 4.14. The van der Waals surface area contributed by atoms with Crippen molar-refractivity contribution in [1.82, 2.24) is 10.3 Å². The van der Waals surface area contributed by atoms with E-state index in [0.717, 1.165) is 13.2 Å². The van der Waals surface area contributed by atoms with Crippen LogP contribution in [0.25, 0.3) is 0 Å². The first-order chi connectivity index (χ1) is 8.60. The molecule has 3 rings (SSSR count). The molecule has 2 heterocycles. The van der Waals surface area contributed by atoms with Gasteiger partial charge in [-0.3, -0.25) is 4.98 Å². The minimum absolute atomic E-state index is 0.266. The number of ether oxygens (including phenoxy) is 1. The lowest BCUT2D eigenvalue weighted by molar-refractivity contribution is -0.113. The summed E-state index contributed by atoms with van der Waals surface area (Å²) in [6.07, 6.45) is 5.48. The topological polar surface area (TPSA) is 34.2 Å². The molecule has 1 saturated heterocycles. The average molecular weight is 246 g/mol. The van der Waals surface area contributed by atoms with E-state index in [2.05, 4.69) is 37.1 Å². The molecule has 0 radical (unpaired) electrons. The first-order valence-electron chi connectivity index (χ1n) is 6.85. The molecule has 1 aliphatic heterocycles. The summed E-state index contributed by atoms with van der Waals surface area (Å²) in [6.45, 7) is 8.63. The molecule has 2 fully saturated rings. The van der Waals surface area contributed by atoms with Crippen molar-refractivity contribution in [3.63, 3.8) is 0 Å². The molecule has 1 saturated carbocycles. The highest BCUT2D eigenvalue weighted by Crippen LogP contribution is 2.52. The Balaban J connectivity index is 1.66. The second-order valence-corrected chi connectivity index (χ2v) is 6.23. The molecular formula is C15H22N2O. The Morgan fingerprint density at radius 1 is 1.50 bits per heavy atom. The highest BCUT2D eigenvalue weighted by atomic mass is 16.5. The van der Waals surface area contributed by atoms with Gasteiger partial charge in [-0.1, -0.05) is 13.8 Å². The van der Waals surface area contributed by atoms with Gasteiger partial charge in [-0.25, -0.2) is 0 Å². The molecule has 1 N–H and O–H groups in total. The molecule has 3 unspecified atom stereocenters. The normalized spacial score (nSPS) is 32.9. The van der Waals surface area contributed by atoms with Gasteiger partial charge in [0.05, 0.1) is 6.10 Å². The van der Waals surface area contributed by atoms with E-state index in [1.54, 1.807) is 0 Å². The summed E-state index contributed by atoms with van der Waals surface area (Å²) in [5, 5.41) is 3.73. The van der Waals surface area contributed by atoms with E-state index in [4.69, 9.17) is 4.74 Å². The van der Waals surface area contributed by atoms with Crippen LogP contribution >= 0.6 is 0 Å². The fraction of sp³-hybridized carbons (Fsp3) is 0.667. The number of hydrogen-bond acceptors (Lipinski definition) is 3. The van der Waals surface area contributed by atoms with Crippen LogP contribution in [0.1, 0.15) is 31.4 Å². The Morgan fingerprint density at radius 2 is 2.33 bits per heavy atom. The van der Waals surface area contributed by atoms with Crippen molar-refractivity contribution in [3.8, 4) is 0 Å². The summed E-state index contributed by atoms with van der Waals surface area (Å²) in [5.41, 5.74) is 2.88. The van der Waals surface area contributed by atoms with E-state index in [1.165, 1.54) is 17.5 Å². The van der Waals surface area contributed by atoms with E-state index in [9.17, 15) is 0 Å². The summed E-state index contributed by atoms with van der Waals surface area (Å²) in [7, 11) is 0. The van der Waals surface area contributed by atoms with Crippen LogP contribution in [0.2, 0.25) is 0 Å². The summed E-state index contributed by atoms with van der Waals surface area (Å²) >= 11 is 0. The molecule has 18 heavy (non-hydrogen) atoms. The van der Waals surface area contributed by atoms with Gasteiger partial charge in [-0.15, -0.1) is 0 Å². The largest absolute Gasteiger partial charge is 0.377 e. The van der Waals surface area contributed by atoms with Crippen molar-refractivity contribution >= 4 is 0 Å². The van der Waals surface area contributed by atoms with E-state index in [1.807, 2.05) is 12.4 Å². The highest BCUT2D eigenvalue weighted by Gasteiger charge is 2.58. The lowest BCUT2D eigenvalue weighted by Gasteiger charge is -2.55. The number of hydrogen-bond donors (Lipinski definition) is 1. The zero-order valence-electron chi connectivity index (χ0n) is 11.4. The highest BCUT2D eigenvalue weighted by molar-refractivity contribution is 5.22. The van der Waals surface area contributed by atoms with Crippen LogP contribution < -0.4 is 5.32 Å². The standard InChI is InChI=1S/C15H22N2O/c1-10-8-16-6-4-11(10)9-17-13-12-5-7-18-14(12)15(13,2)3/h4,6,8,12-14,17H,5,7,9H2,1-3H3. The molecule has 3 atom stereocenters. The maximum Gasteiger partial charge on any atom is 0.0685 e. The third-order valence-corrected chi connectivity index (χ3v) is 4.75. The Hall–Kier alpha value is -0.930. The lowest BCUT2D eigenvalue weighted by atomic mass is 9.57. The quantitative estimate of drug-likeness (QED) is 0.888. The van der Waals surface area contributed by atoms with E-state index < -0.39 is 0 Å². The Morgan fingerprint density at radius 3 is 3.11 bits per heavy atom. The van der Waals surface area contributed by atoms with Crippen molar-refractivity contribution in [1.29, 1.82) is 0 Å². The zero-order chi connectivity index (χ0) is 12.8. The fourth-order valence-electron chi connectivity index (χ4n) is 3.66. The van der Waals surface area contributed by atoms with E-state index >= 15 is 0 Å². The predicted octanol–water partition coefficient (Wildman–Crippen LogP) is 2.29. The van der Waals surface area contributed by atoms with Gasteiger partial charge in [0.15, 0.2) is 0 Å². The lowest BCUT2D eigenvalue weighted by Crippen LogP contribution is -2.65. The molecule has 2 aliphatic rings. The second-order valence-electron chi connectivity index (χ2n) is 6.23. The number of nitrogens with one attached hydrogen (secondary N) is 1. The van der Waals surface area contributed by atoms with Crippen molar-refractivity contribution in [3.05, 3.63) is 29.6 Å². The molecule has 0 aromatic carbocycles. The van der Waals surface area contributed by atoms with Crippen molar-refractivity contribution in [2.24, 2.45) is 11.3 Å². The van der Waals surface area contributed by atoms with Gasteiger partial charge in [-0.2, -0.15) is 0 Å². The smallest absolute Gasteiger partial charge is 0.0685 e. The van der Waals surface area contributed by atoms with E-state index in [-0.39, 0.29) is 5.41 Å². The summed E-state index contributed by atoms with van der Waals surface area (Å²) < 4.78 is 5.82. The van der Waals surface area contributed by atoms with Gasteiger partial charge in [0.25, 0.3) is 0 Å². The van der Waals surface area contributed by atoms with Gasteiger partial charge >= 0.3 is 0 Å². The fourth-order valence-corrected chi connectivity index (χ4v) is 3.66. The first kappa shape index (κ1) is 12.1. The molecule has 1 aromatic rings. The summed E-state index contributed by atoms with van der Waals surface area (Å²) in [5.74, 6) is 0.710. The van der Waals surface area contributed by atoms with Crippen LogP contribution in [0.4, 0.5) is 0 Å². The van der Waals surface area contributed by atoms with Crippen LogP contribution in [-0.2, 0) is 11.3 Å². The van der Waals surface area contributed by atoms with Crippen LogP contribution in [0.15, 0.2) is 18.5 Å². The monoisotopic (exact) mass is 246 g/mol. The number of fused-ring (bicyclic) bond motifs is 1. The number of aromatic nitrogens is 1. The number of rotatable bonds is 3. The molecule has 0 amide bonds. The molecular weight excluding hydrogens is 224 g/mol. The number of pyridine rings is 1. The molecule has 1 aromatic heterocycles. The van der Waals surface area contributed by atoms with Crippen LogP contribution in [0, 0.1) is 18.3 Å². The van der Waals surface area contributed by atoms with Crippen molar-refractivity contribution < 1.29 is 4.74 Å². The Kier molecular flexibility index (Phi) is 2.91. The third-order valence-electron chi connectivity index (χ3n) is 4.75. The van der Waals surface area contributed by atoms with Gasteiger partial charge in [-0.05, 0) is 30.5 Å². The minimum Gasteiger partial charge on any atom is -0.377 e. The van der Waals surface area contributed by atoms with Crippen molar-refractivity contribution in [2.75, 3.05) is 6.61 Å². The molecule has 3 heteroatoms. The minimum atomic E-state index is 0.266. The van der Waals surface area contributed by atoms with Crippen LogP contribution in [0.3, 0.4) is 0 Å². The Bertz CT molecular complexity index is 444. The number of aryl methyl sites for hydroxylation is 1. The maximum atomic E-state index is 5.82. The van der Waals surface area contributed by atoms with E-state index in [0.29, 0.717) is 18.1 Å². The van der Waals surface area contributed by atoms with Gasteiger partial charge in [0, 0.05) is 42.9 Å². The molecule has 98 valence electrons. The first-order valence-corrected chi connectivity index (χ1v) is 6.85. The SMILES string of the molecule is Cc1cnccc1CNC1C2CCOC2C1(C)C. The van der Waals surface area contributed by atoms with Crippen molar-refractivity contribution in [2.45, 2.75) is 45.9 Å². The summed E-state index contributed by atoms with van der Waals surface area (Å²) in [6, 6.07) is 2.69. The molecule has 1 aliphatic carbocycles. The molecule has 3 nitrogen and oxygen atoms in total. The second kappa shape index (κ2) is 4.32. The van der Waals surface area contributed by atoms with Crippen LogP contribution in [-0.4, -0.2) is 23.7 Å². The molecule has 0 spiro atoms.